The average Bonchev–Trinajstić information content (AvgIpc) is 2.84. The van der Waals surface area contributed by atoms with Gasteiger partial charge in [-0.3, -0.25) is 0 Å². The molecule has 0 saturated carbocycles. The lowest BCUT2D eigenvalue weighted by Crippen LogP contribution is -2.33. The van der Waals surface area contributed by atoms with Gasteiger partial charge >= 0.3 is 0 Å². The van der Waals surface area contributed by atoms with Crippen LogP contribution in [0.25, 0.3) is 0 Å². The van der Waals surface area contributed by atoms with Crippen LogP contribution in [-0.4, -0.2) is 30.7 Å². The van der Waals surface area contributed by atoms with E-state index in [0.29, 0.717) is 11.1 Å². The monoisotopic (exact) mass is 237 g/mol. The van der Waals surface area contributed by atoms with Crippen LogP contribution >= 0.6 is 11.6 Å². The maximum Gasteiger partial charge on any atom is 0.128 e. The first kappa shape index (κ1) is 10.4. The normalized spacial score (nSPS) is 33.1. The fraction of sp³-hybridized carbons (Fsp3) is 0.583. The summed E-state index contributed by atoms with van der Waals surface area (Å²) in [6.45, 7) is 5.72. The van der Waals surface area contributed by atoms with Gasteiger partial charge in [0.15, 0.2) is 0 Å². The Kier molecular flexibility index (Phi) is 2.52. The van der Waals surface area contributed by atoms with E-state index in [9.17, 15) is 0 Å². The summed E-state index contributed by atoms with van der Waals surface area (Å²) < 4.78 is 0. The number of anilines is 1. The SMILES string of the molecule is CC1C2CNCC2CN1c1ccc(Cl)cn1. The Balaban J connectivity index is 1.83. The van der Waals surface area contributed by atoms with Crippen molar-refractivity contribution in [2.45, 2.75) is 13.0 Å². The third-order valence-corrected chi connectivity index (χ3v) is 4.16. The first-order valence-corrected chi connectivity index (χ1v) is 6.22. The molecule has 0 amide bonds. The molecule has 2 aliphatic heterocycles. The largest absolute Gasteiger partial charge is 0.353 e. The molecule has 1 N–H and O–H groups in total. The minimum Gasteiger partial charge on any atom is -0.353 e. The molecule has 3 unspecified atom stereocenters. The van der Waals surface area contributed by atoms with Crippen LogP contribution in [0, 0.1) is 11.8 Å². The summed E-state index contributed by atoms with van der Waals surface area (Å²) in [5, 5.41) is 4.17. The molecule has 1 aromatic rings. The lowest BCUT2D eigenvalue weighted by molar-refractivity contribution is 0.471. The number of hydrogen-bond donors (Lipinski definition) is 1. The number of nitrogens with zero attached hydrogens (tertiary/aromatic N) is 2. The van der Waals surface area contributed by atoms with Crippen molar-refractivity contribution in [3.8, 4) is 0 Å². The van der Waals surface area contributed by atoms with Gasteiger partial charge in [-0.2, -0.15) is 0 Å². The molecule has 0 radical (unpaired) electrons. The van der Waals surface area contributed by atoms with Gasteiger partial charge in [-0.05, 0) is 30.9 Å². The molecule has 86 valence electrons. The Bertz CT molecular complexity index is 378. The minimum absolute atomic E-state index is 0.577. The van der Waals surface area contributed by atoms with Crippen LogP contribution in [0.2, 0.25) is 5.02 Å². The zero-order chi connectivity index (χ0) is 11.1. The van der Waals surface area contributed by atoms with Gasteiger partial charge in [0.1, 0.15) is 5.82 Å². The number of rotatable bonds is 1. The first-order chi connectivity index (χ1) is 7.75. The second-order valence-corrected chi connectivity index (χ2v) is 5.25. The topological polar surface area (TPSA) is 28.2 Å². The van der Waals surface area contributed by atoms with Crippen LogP contribution in [0.4, 0.5) is 5.82 Å². The maximum atomic E-state index is 5.86. The van der Waals surface area contributed by atoms with Crippen molar-refractivity contribution in [1.82, 2.24) is 10.3 Å². The van der Waals surface area contributed by atoms with Crippen molar-refractivity contribution in [3.05, 3.63) is 23.4 Å². The molecule has 2 aliphatic rings. The third-order valence-electron chi connectivity index (χ3n) is 3.94. The molecule has 0 bridgehead atoms. The van der Waals surface area contributed by atoms with Gasteiger partial charge in [-0.25, -0.2) is 4.98 Å². The molecular formula is C12H16ClN3. The average molecular weight is 238 g/mol. The van der Waals surface area contributed by atoms with Gasteiger partial charge in [0.2, 0.25) is 0 Å². The fourth-order valence-electron chi connectivity index (χ4n) is 3.01. The van der Waals surface area contributed by atoms with Gasteiger partial charge in [-0.15, -0.1) is 0 Å². The Morgan fingerprint density at radius 3 is 3.00 bits per heavy atom. The van der Waals surface area contributed by atoms with Gasteiger partial charge in [0.05, 0.1) is 5.02 Å². The van der Waals surface area contributed by atoms with E-state index >= 15 is 0 Å². The number of aromatic nitrogens is 1. The van der Waals surface area contributed by atoms with Crippen LogP contribution < -0.4 is 10.2 Å². The molecule has 0 aromatic carbocycles. The third kappa shape index (κ3) is 1.59. The van der Waals surface area contributed by atoms with Crippen LogP contribution in [-0.2, 0) is 0 Å². The number of halogens is 1. The van der Waals surface area contributed by atoms with Crippen LogP contribution in [0.5, 0.6) is 0 Å². The lowest BCUT2D eigenvalue weighted by atomic mass is 9.95. The van der Waals surface area contributed by atoms with E-state index in [1.165, 1.54) is 0 Å². The molecule has 3 rings (SSSR count). The smallest absolute Gasteiger partial charge is 0.128 e. The van der Waals surface area contributed by atoms with E-state index in [1.54, 1.807) is 6.20 Å². The number of nitrogens with one attached hydrogen (secondary N) is 1. The van der Waals surface area contributed by atoms with Gasteiger partial charge in [0.25, 0.3) is 0 Å². The number of pyridine rings is 1. The predicted molar refractivity (Wildman–Crippen MR) is 65.9 cm³/mol. The maximum absolute atomic E-state index is 5.86. The molecular weight excluding hydrogens is 222 g/mol. The van der Waals surface area contributed by atoms with E-state index in [0.717, 1.165) is 37.3 Å². The molecule has 0 aliphatic carbocycles. The second-order valence-electron chi connectivity index (χ2n) is 4.81. The van der Waals surface area contributed by atoms with E-state index in [-0.39, 0.29) is 0 Å². The van der Waals surface area contributed by atoms with Crippen molar-refractivity contribution in [1.29, 1.82) is 0 Å². The Morgan fingerprint density at radius 2 is 2.31 bits per heavy atom. The second kappa shape index (κ2) is 3.90. The highest BCUT2D eigenvalue weighted by molar-refractivity contribution is 6.30. The predicted octanol–water partition coefficient (Wildman–Crippen LogP) is 1.78. The molecule has 4 heteroatoms. The highest BCUT2D eigenvalue weighted by Crippen LogP contribution is 2.34. The quantitative estimate of drug-likeness (QED) is 0.807. The van der Waals surface area contributed by atoms with E-state index in [4.69, 9.17) is 11.6 Å². The Labute approximate surface area is 101 Å². The van der Waals surface area contributed by atoms with Crippen LogP contribution in [0.3, 0.4) is 0 Å². The summed E-state index contributed by atoms with van der Waals surface area (Å²) in [5.41, 5.74) is 0. The lowest BCUT2D eigenvalue weighted by Gasteiger charge is -2.25. The molecule has 1 aromatic heterocycles. The molecule has 0 spiro atoms. The minimum atomic E-state index is 0.577. The zero-order valence-corrected chi connectivity index (χ0v) is 10.1. The summed E-state index contributed by atoms with van der Waals surface area (Å²) in [6.07, 6.45) is 1.73. The summed E-state index contributed by atoms with van der Waals surface area (Å²) in [5.74, 6) is 2.62. The van der Waals surface area contributed by atoms with Crippen LogP contribution in [0.1, 0.15) is 6.92 Å². The Hall–Kier alpha value is -0.800. The van der Waals surface area contributed by atoms with Crippen LogP contribution in [0.15, 0.2) is 18.3 Å². The van der Waals surface area contributed by atoms with Gasteiger partial charge in [0, 0.05) is 31.9 Å². The molecule has 16 heavy (non-hydrogen) atoms. The number of hydrogen-bond acceptors (Lipinski definition) is 3. The first-order valence-electron chi connectivity index (χ1n) is 5.84. The Morgan fingerprint density at radius 1 is 1.44 bits per heavy atom. The van der Waals surface area contributed by atoms with E-state index in [2.05, 4.69) is 22.1 Å². The highest BCUT2D eigenvalue weighted by Gasteiger charge is 2.42. The molecule has 2 saturated heterocycles. The molecule has 3 atom stereocenters. The van der Waals surface area contributed by atoms with Gasteiger partial charge in [-0.1, -0.05) is 11.6 Å². The van der Waals surface area contributed by atoms with Crippen molar-refractivity contribution < 1.29 is 0 Å². The van der Waals surface area contributed by atoms with Crippen molar-refractivity contribution in [3.63, 3.8) is 0 Å². The standard InChI is InChI=1S/C12H16ClN3/c1-8-11-6-14-4-9(11)7-16(8)12-3-2-10(13)5-15-12/h2-3,5,8-9,11,14H,4,6-7H2,1H3. The summed E-state index contributed by atoms with van der Waals surface area (Å²) in [7, 11) is 0. The summed E-state index contributed by atoms with van der Waals surface area (Å²) in [6, 6.07) is 4.52. The van der Waals surface area contributed by atoms with Crippen molar-refractivity contribution >= 4 is 17.4 Å². The van der Waals surface area contributed by atoms with Crippen molar-refractivity contribution in [2.75, 3.05) is 24.5 Å². The molecule has 3 nitrogen and oxygen atoms in total. The van der Waals surface area contributed by atoms with Gasteiger partial charge < -0.3 is 10.2 Å². The molecule has 3 heterocycles. The fourth-order valence-corrected chi connectivity index (χ4v) is 3.12. The number of fused-ring (bicyclic) bond motifs is 1. The molecule has 2 fully saturated rings. The summed E-state index contributed by atoms with van der Waals surface area (Å²) >= 11 is 5.86. The van der Waals surface area contributed by atoms with E-state index < -0.39 is 0 Å². The highest BCUT2D eigenvalue weighted by atomic mass is 35.5. The van der Waals surface area contributed by atoms with E-state index in [1.807, 2.05) is 12.1 Å². The van der Waals surface area contributed by atoms with Crippen molar-refractivity contribution in [2.24, 2.45) is 11.8 Å². The zero-order valence-electron chi connectivity index (χ0n) is 9.36. The summed E-state index contributed by atoms with van der Waals surface area (Å²) in [4.78, 5) is 6.82.